The van der Waals surface area contributed by atoms with Crippen LogP contribution in [0.25, 0.3) is 0 Å². The molecule has 1 heterocycles. The van der Waals surface area contributed by atoms with Gasteiger partial charge < -0.3 is 15.1 Å². The van der Waals surface area contributed by atoms with Gasteiger partial charge in [-0.25, -0.2) is 0 Å². The predicted octanol–water partition coefficient (Wildman–Crippen LogP) is 4.28. The molecule has 0 unspecified atom stereocenters. The zero-order valence-electron chi connectivity index (χ0n) is 10.9. The summed E-state index contributed by atoms with van der Waals surface area (Å²) in [6.07, 6.45) is 2.57. The lowest BCUT2D eigenvalue weighted by Gasteiger charge is -2.06. The molecule has 0 spiro atoms. The molecule has 20 heavy (non-hydrogen) atoms. The third-order valence-corrected chi connectivity index (χ3v) is 3.12. The highest BCUT2D eigenvalue weighted by Gasteiger charge is 2.10. The molecule has 103 valence electrons. The van der Waals surface area contributed by atoms with Crippen molar-refractivity contribution in [2.75, 3.05) is 5.32 Å². The number of rotatable bonds is 5. The van der Waals surface area contributed by atoms with E-state index in [2.05, 4.69) is 21.2 Å². The molecular formula is C15H14BrN2O2. The van der Waals surface area contributed by atoms with Gasteiger partial charge in [0.25, 0.3) is 5.91 Å². The fraction of sp³-hybridized carbons (Fsp3) is 0.133. The molecule has 0 aliphatic carbocycles. The van der Waals surface area contributed by atoms with Crippen LogP contribution in [0.4, 0.5) is 5.69 Å². The average Bonchev–Trinajstić information content (AvgIpc) is 2.86. The number of carbonyl (C=O) groups excluding carboxylic acids is 1. The molecule has 0 saturated carbocycles. The first-order chi connectivity index (χ1) is 9.60. The van der Waals surface area contributed by atoms with E-state index in [4.69, 9.17) is 9.83 Å². The van der Waals surface area contributed by atoms with E-state index in [0.717, 1.165) is 5.56 Å². The molecule has 1 aromatic heterocycles. The van der Waals surface area contributed by atoms with Crippen LogP contribution in [0.1, 0.15) is 29.5 Å². The average molecular weight is 334 g/mol. The van der Waals surface area contributed by atoms with E-state index in [1.165, 1.54) is 0 Å². The van der Waals surface area contributed by atoms with Gasteiger partial charge in [-0.3, -0.25) is 4.79 Å². The summed E-state index contributed by atoms with van der Waals surface area (Å²) in [6.45, 7) is 1.92. The number of nitrogens with one attached hydrogen (secondary N) is 2. The van der Waals surface area contributed by atoms with Crippen molar-refractivity contribution in [1.29, 1.82) is 5.41 Å². The fourth-order valence-corrected chi connectivity index (χ4v) is 2.01. The standard InChI is InChI=1S/C15H14BrN2O2/c1-2-3-12(17)10-4-6-11(7-5-10)18-15(19)13-8-9-14(16)20-13/h2,4-9,17H,3H2,1H3,(H,18,19). The molecule has 0 atom stereocenters. The molecule has 0 bridgehead atoms. The van der Waals surface area contributed by atoms with Gasteiger partial charge in [0.05, 0.1) is 0 Å². The molecule has 5 heteroatoms. The van der Waals surface area contributed by atoms with Crippen LogP contribution in [-0.4, -0.2) is 11.6 Å². The Balaban J connectivity index is 2.04. The number of amides is 1. The Hall–Kier alpha value is -1.88. The molecular weight excluding hydrogens is 320 g/mol. The van der Waals surface area contributed by atoms with Crippen LogP contribution < -0.4 is 5.32 Å². The van der Waals surface area contributed by atoms with Gasteiger partial charge in [0, 0.05) is 11.4 Å². The zero-order chi connectivity index (χ0) is 14.5. The number of halogens is 1. The largest absolute Gasteiger partial charge is 0.444 e. The number of carbonyl (C=O) groups is 1. The topological polar surface area (TPSA) is 66.1 Å². The van der Waals surface area contributed by atoms with E-state index < -0.39 is 0 Å². The number of furan rings is 1. The minimum Gasteiger partial charge on any atom is -0.444 e. The summed E-state index contributed by atoms with van der Waals surface area (Å²) in [4.78, 5) is 11.9. The Kier molecular flexibility index (Phi) is 4.74. The summed E-state index contributed by atoms with van der Waals surface area (Å²) in [5.74, 6) is -0.0605. The molecule has 0 aliphatic heterocycles. The van der Waals surface area contributed by atoms with Crippen molar-refractivity contribution in [3.05, 3.63) is 58.8 Å². The molecule has 2 N–H and O–H groups in total. The normalized spacial score (nSPS) is 10.3. The lowest BCUT2D eigenvalue weighted by atomic mass is 10.1. The van der Waals surface area contributed by atoms with E-state index in [9.17, 15) is 4.79 Å². The Bertz CT molecular complexity index is 617. The van der Waals surface area contributed by atoms with Crippen molar-refractivity contribution in [2.24, 2.45) is 0 Å². The van der Waals surface area contributed by atoms with Gasteiger partial charge >= 0.3 is 0 Å². The maximum Gasteiger partial charge on any atom is 0.291 e. The third-order valence-electron chi connectivity index (χ3n) is 2.70. The smallest absolute Gasteiger partial charge is 0.291 e. The second-order valence-electron chi connectivity index (χ2n) is 4.23. The first-order valence-corrected chi connectivity index (χ1v) is 6.92. The van der Waals surface area contributed by atoms with Crippen molar-refractivity contribution in [3.63, 3.8) is 0 Å². The summed E-state index contributed by atoms with van der Waals surface area (Å²) < 4.78 is 5.69. The minimum absolute atomic E-state index is 0.245. The summed E-state index contributed by atoms with van der Waals surface area (Å²) in [7, 11) is 0. The van der Waals surface area contributed by atoms with Crippen molar-refractivity contribution >= 4 is 33.2 Å². The van der Waals surface area contributed by atoms with Gasteiger partial charge in [-0.05, 0) is 58.6 Å². The van der Waals surface area contributed by atoms with E-state index in [0.29, 0.717) is 22.5 Å². The summed E-state index contributed by atoms with van der Waals surface area (Å²) in [5.41, 5.74) is 2.07. The fourth-order valence-electron chi connectivity index (χ4n) is 1.71. The third kappa shape index (κ3) is 3.57. The molecule has 1 aromatic carbocycles. The summed E-state index contributed by atoms with van der Waals surface area (Å²) in [5, 5.41) is 10.6. The Labute approximate surface area is 125 Å². The number of benzene rings is 1. The van der Waals surface area contributed by atoms with Crippen molar-refractivity contribution in [2.45, 2.75) is 13.3 Å². The molecule has 0 fully saturated rings. The highest BCUT2D eigenvalue weighted by molar-refractivity contribution is 9.10. The Morgan fingerprint density at radius 1 is 1.30 bits per heavy atom. The maximum absolute atomic E-state index is 11.9. The van der Waals surface area contributed by atoms with Gasteiger partial charge in [-0.1, -0.05) is 19.1 Å². The highest BCUT2D eigenvalue weighted by Crippen LogP contribution is 2.17. The van der Waals surface area contributed by atoms with Crippen LogP contribution >= 0.6 is 15.9 Å². The summed E-state index contributed by atoms with van der Waals surface area (Å²) >= 11 is 3.15. The molecule has 1 radical (unpaired) electrons. The lowest BCUT2D eigenvalue weighted by Crippen LogP contribution is -2.11. The molecule has 1 amide bonds. The molecule has 0 saturated heterocycles. The SMILES string of the molecule is C[CH]CC(=N)c1ccc(NC(=O)c2ccc(Br)o2)cc1. The molecule has 2 aromatic rings. The second-order valence-corrected chi connectivity index (χ2v) is 5.01. The van der Waals surface area contributed by atoms with Crippen molar-refractivity contribution in [3.8, 4) is 0 Å². The van der Waals surface area contributed by atoms with Gasteiger partial charge in [0.15, 0.2) is 10.4 Å². The number of anilines is 1. The first-order valence-electron chi connectivity index (χ1n) is 6.12. The predicted molar refractivity (Wildman–Crippen MR) is 82.2 cm³/mol. The van der Waals surface area contributed by atoms with Crippen LogP contribution in [0.2, 0.25) is 0 Å². The molecule has 4 nitrogen and oxygen atoms in total. The van der Waals surface area contributed by atoms with E-state index >= 15 is 0 Å². The van der Waals surface area contributed by atoms with Gasteiger partial charge in [-0.2, -0.15) is 0 Å². The van der Waals surface area contributed by atoms with Crippen LogP contribution in [0.5, 0.6) is 0 Å². The maximum atomic E-state index is 11.9. The number of hydrogen-bond donors (Lipinski definition) is 2. The van der Waals surface area contributed by atoms with Crippen LogP contribution in [0, 0.1) is 11.8 Å². The van der Waals surface area contributed by atoms with Gasteiger partial charge in [0.2, 0.25) is 0 Å². The van der Waals surface area contributed by atoms with Crippen molar-refractivity contribution in [1.82, 2.24) is 0 Å². The van der Waals surface area contributed by atoms with Gasteiger partial charge in [-0.15, -0.1) is 0 Å². The zero-order valence-corrected chi connectivity index (χ0v) is 12.5. The van der Waals surface area contributed by atoms with Crippen molar-refractivity contribution < 1.29 is 9.21 Å². The van der Waals surface area contributed by atoms with E-state index in [1.807, 2.05) is 25.5 Å². The summed E-state index contributed by atoms with van der Waals surface area (Å²) in [6, 6.07) is 10.4. The monoisotopic (exact) mass is 333 g/mol. The first kappa shape index (κ1) is 14.5. The quantitative estimate of drug-likeness (QED) is 0.802. The molecule has 2 rings (SSSR count). The molecule has 0 aliphatic rings. The second kappa shape index (κ2) is 6.52. The Morgan fingerprint density at radius 2 is 2.00 bits per heavy atom. The lowest BCUT2D eigenvalue weighted by molar-refractivity contribution is 0.0995. The van der Waals surface area contributed by atoms with Gasteiger partial charge in [0.1, 0.15) is 0 Å². The Morgan fingerprint density at radius 3 is 2.55 bits per heavy atom. The van der Waals surface area contributed by atoms with Crippen LogP contribution in [-0.2, 0) is 0 Å². The van der Waals surface area contributed by atoms with E-state index in [-0.39, 0.29) is 11.7 Å². The van der Waals surface area contributed by atoms with E-state index in [1.54, 1.807) is 24.3 Å². The highest BCUT2D eigenvalue weighted by atomic mass is 79.9. The van der Waals surface area contributed by atoms with Crippen LogP contribution in [0.3, 0.4) is 0 Å². The number of hydrogen-bond acceptors (Lipinski definition) is 3. The minimum atomic E-state index is -0.305. The van der Waals surface area contributed by atoms with Crippen LogP contribution in [0.15, 0.2) is 45.5 Å².